The van der Waals surface area contributed by atoms with Gasteiger partial charge in [-0.1, -0.05) is 0 Å². The van der Waals surface area contributed by atoms with Crippen molar-refractivity contribution < 1.29 is 43.8 Å². The molecule has 0 aliphatic carbocycles. The Morgan fingerprint density at radius 2 is 1.88 bits per heavy atom. The molecule has 0 spiro atoms. The van der Waals surface area contributed by atoms with Crippen molar-refractivity contribution >= 4 is 11.0 Å². The van der Waals surface area contributed by atoms with E-state index in [4.69, 9.17) is 23.4 Å². The highest BCUT2D eigenvalue weighted by atomic mass is 16.7. The molecule has 3 heterocycles. The Balaban J connectivity index is 1.62. The normalized spacial score (nSPS) is 30.2. The summed E-state index contributed by atoms with van der Waals surface area (Å²) in [5.74, 6) is 1.32. The molecule has 32 heavy (non-hydrogen) atoms. The first-order valence-electron chi connectivity index (χ1n) is 10.4. The molecule has 0 bridgehead atoms. The Morgan fingerprint density at radius 3 is 2.53 bits per heavy atom. The van der Waals surface area contributed by atoms with Crippen LogP contribution in [-0.2, 0) is 15.9 Å². The number of fused-ring (bicyclic) bond motifs is 2. The maximum atomic E-state index is 12.6. The minimum absolute atomic E-state index is 0.219. The van der Waals surface area contributed by atoms with Gasteiger partial charge in [-0.25, -0.2) is 0 Å². The average molecular weight is 452 g/mol. The van der Waals surface area contributed by atoms with E-state index < -0.39 is 49.0 Å². The van der Waals surface area contributed by atoms with E-state index in [1.807, 2.05) is 0 Å². The highest BCUT2D eigenvalue weighted by molar-refractivity contribution is 5.87. The number of methoxy groups -OCH3 is 1. The Morgan fingerprint density at radius 1 is 1.16 bits per heavy atom. The predicted octanol–water partition coefficient (Wildman–Crippen LogP) is 0.00862. The van der Waals surface area contributed by atoms with Crippen LogP contribution in [0.2, 0.25) is 0 Å². The molecule has 0 saturated carbocycles. The number of hydrogen-bond acceptors (Lipinski definition) is 10. The number of aliphatic hydroxyl groups is 4. The Labute approximate surface area is 183 Å². The van der Waals surface area contributed by atoms with Crippen molar-refractivity contribution in [1.82, 2.24) is 0 Å². The highest BCUT2D eigenvalue weighted by Crippen LogP contribution is 2.44. The van der Waals surface area contributed by atoms with E-state index in [9.17, 15) is 25.2 Å². The third-order valence-electron chi connectivity index (χ3n) is 6.07. The zero-order valence-corrected chi connectivity index (χ0v) is 18.3. The lowest BCUT2D eigenvalue weighted by Crippen LogP contribution is -2.61. The second-order valence-corrected chi connectivity index (χ2v) is 8.71. The lowest BCUT2D eigenvalue weighted by molar-refractivity contribution is -0.329. The van der Waals surface area contributed by atoms with Gasteiger partial charge in [-0.15, -0.1) is 0 Å². The summed E-state index contributed by atoms with van der Waals surface area (Å²) in [6.07, 6.45) is -7.17. The first-order chi connectivity index (χ1) is 15.1. The lowest BCUT2D eigenvalue weighted by Gasteiger charge is -2.43. The van der Waals surface area contributed by atoms with Crippen LogP contribution in [0.3, 0.4) is 0 Å². The van der Waals surface area contributed by atoms with Gasteiger partial charge in [0.05, 0.1) is 13.7 Å². The summed E-state index contributed by atoms with van der Waals surface area (Å²) in [4.78, 5) is 12.6. The molecule has 0 unspecified atom stereocenters. The Hall–Kier alpha value is -2.21. The molecule has 1 saturated heterocycles. The van der Waals surface area contributed by atoms with Crippen LogP contribution in [0.25, 0.3) is 11.0 Å². The van der Waals surface area contributed by atoms with Crippen LogP contribution in [0.1, 0.15) is 25.2 Å². The van der Waals surface area contributed by atoms with Crippen molar-refractivity contribution in [3.63, 3.8) is 0 Å². The fourth-order valence-electron chi connectivity index (χ4n) is 4.26. The monoisotopic (exact) mass is 452 g/mol. The summed E-state index contributed by atoms with van der Waals surface area (Å²) in [7, 11) is 1.47. The number of rotatable bonds is 5. The zero-order chi connectivity index (χ0) is 23.4. The van der Waals surface area contributed by atoms with Crippen molar-refractivity contribution in [3.05, 3.63) is 33.7 Å². The molecule has 4 rings (SSSR count). The van der Waals surface area contributed by atoms with Crippen molar-refractivity contribution in [2.24, 2.45) is 0 Å². The minimum atomic E-state index is -1.55. The van der Waals surface area contributed by atoms with Gasteiger partial charge in [0, 0.05) is 24.1 Å². The molecule has 4 N–H and O–H groups in total. The molecule has 1 aromatic heterocycles. The summed E-state index contributed by atoms with van der Waals surface area (Å²) >= 11 is 0. The summed E-state index contributed by atoms with van der Waals surface area (Å²) in [6.45, 7) is 4.58. The smallest absolute Gasteiger partial charge is 0.196 e. The van der Waals surface area contributed by atoms with Gasteiger partial charge in [0.1, 0.15) is 64.3 Å². The maximum Gasteiger partial charge on any atom is 0.196 e. The number of aliphatic hydroxyl groups excluding tert-OH is 4. The van der Waals surface area contributed by atoms with Crippen molar-refractivity contribution in [2.75, 3.05) is 13.7 Å². The first-order valence-corrected chi connectivity index (χ1v) is 10.4. The van der Waals surface area contributed by atoms with Crippen LogP contribution in [0, 0.1) is 6.92 Å². The van der Waals surface area contributed by atoms with Gasteiger partial charge in [-0.2, -0.15) is 0 Å². The lowest BCUT2D eigenvalue weighted by atomic mass is 9.94. The van der Waals surface area contributed by atoms with Crippen LogP contribution in [0.5, 0.6) is 11.5 Å². The van der Waals surface area contributed by atoms with Crippen molar-refractivity contribution in [1.29, 1.82) is 0 Å². The van der Waals surface area contributed by atoms with Crippen LogP contribution < -0.4 is 14.9 Å². The van der Waals surface area contributed by atoms with Crippen LogP contribution in [0.4, 0.5) is 0 Å². The van der Waals surface area contributed by atoms with Crippen LogP contribution in [-0.4, -0.2) is 76.6 Å². The third-order valence-corrected chi connectivity index (χ3v) is 6.07. The molecule has 10 nitrogen and oxygen atoms in total. The second kappa shape index (κ2) is 8.29. The van der Waals surface area contributed by atoms with E-state index in [1.165, 1.54) is 13.2 Å². The summed E-state index contributed by atoms with van der Waals surface area (Å²) in [5.41, 5.74) is -0.230. The SMILES string of the molecule is COc1c2c(cc3oc(C)cc(=O)c13)O[C@H](C(C)(C)O[C@@H]1O[C@H](CO)[C@@H](O)[C@@H](O)[C@@H]1O)C2. The van der Waals surface area contributed by atoms with Crippen LogP contribution in [0.15, 0.2) is 21.3 Å². The van der Waals surface area contributed by atoms with Crippen molar-refractivity contribution in [2.45, 2.75) is 69.6 Å². The number of hydrogen-bond donors (Lipinski definition) is 4. The third kappa shape index (κ3) is 3.76. The predicted molar refractivity (Wildman–Crippen MR) is 111 cm³/mol. The topological polar surface area (TPSA) is 148 Å². The number of ether oxygens (including phenoxy) is 4. The van der Waals surface area contributed by atoms with E-state index in [1.54, 1.807) is 26.8 Å². The quantitative estimate of drug-likeness (QED) is 0.489. The fourth-order valence-corrected chi connectivity index (χ4v) is 4.26. The van der Waals surface area contributed by atoms with Gasteiger partial charge in [0.25, 0.3) is 0 Å². The average Bonchev–Trinajstić information content (AvgIpc) is 3.17. The largest absolute Gasteiger partial charge is 0.495 e. The van der Waals surface area contributed by atoms with Gasteiger partial charge < -0.3 is 43.8 Å². The number of benzene rings is 1. The molecule has 1 aromatic carbocycles. The van der Waals surface area contributed by atoms with E-state index >= 15 is 0 Å². The molecule has 2 aliphatic rings. The standard InChI is InChI=1S/C22H28O10/c1-9-5-11(24)16-13(29-9)7-12-10(20(16)28-4)6-15(30-12)22(2,3)32-21-19(27)18(26)17(25)14(8-23)31-21/h5,7,14-15,17-19,21,23,25-27H,6,8H2,1-4H3/t14-,15+,17-,18-,19+,21+/m1/s1. The van der Waals surface area contributed by atoms with E-state index in [0.717, 1.165) is 0 Å². The van der Waals surface area contributed by atoms with Gasteiger partial charge in [0.2, 0.25) is 0 Å². The van der Waals surface area contributed by atoms with Crippen molar-refractivity contribution in [3.8, 4) is 11.5 Å². The van der Waals surface area contributed by atoms with Gasteiger partial charge >= 0.3 is 0 Å². The van der Waals surface area contributed by atoms with E-state index in [2.05, 4.69) is 0 Å². The molecule has 6 atom stereocenters. The first kappa shape index (κ1) is 23.0. The molecule has 1 fully saturated rings. The second-order valence-electron chi connectivity index (χ2n) is 8.71. The van der Waals surface area contributed by atoms with E-state index in [-0.39, 0.29) is 5.43 Å². The molecular formula is C22H28O10. The molecule has 176 valence electrons. The number of aryl methyl sites for hydroxylation is 1. The minimum Gasteiger partial charge on any atom is -0.495 e. The summed E-state index contributed by atoms with van der Waals surface area (Å²) in [5, 5.41) is 40.1. The van der Waals surface area contributed by atoms with Gasteiger partial charge in [-0.05, 0) is 20.8 Å². The Bertz CT molecular complexity index is 1060. The zero-order valence-electron chi connectivity index (χ0n) is 18.3. The molecule has 0 amide bonds. The molecule has 10 heteroatoms. The maximum absolute atomic E-state index is 12.6. The van der Waals surface area contributed by atoms with Gasteiger partial charge in [0.15, 0.2) is 11.7 Å². The molecule has 2 aliphatic heterocycles. The van der Waals surface area contributed by atoms with E-state index in [0.29, 0.717) is 40.2 Å². The molecule has 2 aromatic rings. The molecule has 0 radical (unpaired) electrons. The van der Waals surface area contributed by atoms with Crippen LogP contribution >= 0.6 is 0 Å². The van der Waals surface area contributed by atoms with Gasteiger partial charge in [-0.3, -0.25) is 4.79 Å². The Kier molecular flexibility index (Phi) is 5.95. The highest BCUT2D eigenvalue weighted by Gasteiger charge is 2.48. The molecular weight excluding hydrogens is 424 g/mol. The summed E-state index contributed by atoms with van der Waals surface area (Å²) in [6, 6.07) is 3.04. The fraction of sp³-hybridized carbons (Fsp3) is 0.591. The summed E-state index contributed by atoms with van der Waals surface area (Å²) < 4.78 is 28.8.